The van der Waals surface area contributed by atoms with Crippen LogP contribution in [0, 0.1) is 5.92 Å². The zero-order valence-corrected chi connectivity index (χ0v) is 10.3. The van der Waals surface area contributed by atoms with Gasteiger partial charge in [0.2, 0.25) is 5.91 Å². The van der Waals surface area contributed by atoms with Crippen LogP contribution in [0.3, 0.4) is 0 Å². The molecule has 0 radical (unpaired) electrons. The van der Waals surface area contributed by atoms with Gasteiger partial charge < -0.3 is 14.6 Å². The number of hydrogen-bond acceptors (Lipinski definition) is 4. The van der Waals surface area contributed by atoms with Gasteiger partial charge in [-0.3, -0.25) is 4.79 Å². The molecule has 1 aromatic rings. The molecule has 1 saturated heterocycles. The van der Waals surface area contributed by atoms with Crippen LogP contribution >= 0.6 is 0 Å². The Morgan fingerprint density at radius 3 is 3.12 bits per heavy atom. The Morgan fingerprint density at radius 1 is 1.65 bits per heavy atom. The van der Waals surface area contributed by atoms with Gasteiger partial charge in [-0.25, -0.2) is 4.98 Å². The van der Waals surface area contributed by atoms with Crippen molar-refractivity contribution in [1.82, 2.24) is 15.2 Å². The van der Waals surface area contributed by atoms with Crippen molar-refractivity contribution in [3.05, 3.63) is 18.4 Å². The lowest BCUT2D eigenvalue weighted by atomic mass is 9.98. The van der Waals surface area contributed by atoms with Gasteiger partial charge in [-0.05, 0) is 25.8 Å². The fraction of sp³-hybridized carbons (Fsp3) is 0.667. The molecule has 2 unspecified atom stereocenters. The topological polar surface area (TPSA) is 58.4 Å². The molecule has 2 rings (SSSR count). The first-order valence-electron chi connectivity index (χ1n) is 6.05. The third-order valence-corrected chi connectivity index (χ3v) is 3.38. The van der Waals surface area contributed by atoms with Crippen LogP contribution in [0.2, 0.25) is 0 Å². The van der Waals surface area contributed by atoms with Crippen LogP contribution in [0.4, 0.5) is 0 Å². The summed E-state index contributed by atoms with van der Waals surface area (Å²) in [6.45, 7) is 3.47. The van der Waals surface area contributed by atoms with Crippen LogP contribution in [-0.4, -0.2) is 35.4 Å². The van der Waals surface area contributed by atoms with E-state index in [1.165, 1.54) is 6.39 Å². The highest BCUT2D eigenvalue weighted by Gasteiger charge is 2.30. The zero-order valence-electron chi connectivity index (χ0n) is 10.3. The lowest BCUT2D eigenvalue weighted by Gasteiger charge is -2.25. The summed E-state index contributed by atoms with van der Waals surface area (Å²) >= 11 is 0. The van der Waals surface area contributed by atoms with E-state index in [0.29, 0.717) is 12.5 Å². The number of oxazole rings is 1. The number of likely N-dealkylation sites (N-methyl/N-ethyl adjacent to an activating group) is 1. The molecule has 17 heavy (non-hydrogen) atoms. The van der Waals surface area contributed by atoms with Crippen molar-refractivity contribution >= 4 is 5.91 Å². The van der Waals surface area contributed by atoms with Crippen molar-refractivity contribution in [2.45, 2.75) is 32.4 Å². The molecule has 0 spiro atoms. The van der Waals surface area contributed by atoms with Crippen molar-refractivity contribution < 1.29 is 9.21 Å². The summed E-state index contributed by atoms with van der Waals surface area (Å²) in [4.78, 5) is 18.2. The number of carbonyl (C=O) groups is 1. The van der Waals surface area contributed by atoms with E-state index >= 15 is 0 Å². The molecule has 0 saturated carbocycles. The second-order valence-electron chi connectivity index (χ2n) is 4.63. The van der Waals surface area contributed by atoms with E-state index in [-0.39, 0.29) is 11.9 Å². The number of aromatic nitrogens is 1. The first-order valence-corrected chi connectivity index (χ1v) is 6.05. The van der Waals surface area contributed by atoms with Gasteiger partial charge in [-0.1, -0.05) is 6.92 Å². The molecule has 0 aromatic carbocycles. The summed E-state index contributed by atoms with van der Waals surface area (Å²) in [6, 6.07) is -0.0793. The van der Waals surface area contributed by atoms with E-state index in [4.69, 9.17) is 4.42 Å². The van der Waals surface area contributed by atoms with Crippen molar-refractivity contribution in [1.29, 1.82) is 0 Å². The monoisotopic (exact) mass is 237 g/mol. The molecule has 1 aromatic heterocycles. The van der Waals surface area contributed by atoms with Crippen molar-refractivity contribution in [2.24, 2.45) is 5.92 Å². The normalized spacial score (nSPS) is 26.0. The Bertz CT molecular complexity index is 364. The summed E-state index contributed by atoms with van der Waals surface area (Å²) in [5, 5.41) is 3.12. The van der Waals surface area contributed by atoms with Gasteiger partial charge in [0, 0.05) is 6.54 Å². The van der Waals surface area contributed by atoms with E-state index in [9.17, 15) is 4.79 Å². The Hall–Kier alpha value is -1.36. The maximum absolute atomic E-state index is 12.3. The van der Waals surface area contributed by atoms with Gasteiger partial charge in [0.25, 0.3) is 0 Å². The summed E-state index contributed by atoms with van der Waals surface area (Å²) in [7, 11) is 1.85. The average Bonchev–Trinajstić information content (AvgIpc) is 2.76. The molecule has 2 heterocycles. The van der Waals surface area contributed by atoms with E-state index < -0.39 is 0 Å². The molecule has 0 aliphatic carbocycles. The molecule has 1 amide bonds. The molecule has 5 heteroatoms. The van der Waals surface area contributed by atoms with Gasteiger partial charge >= 0.3 is 0 Å². The highest BCUT2D eigenvalue weighted by Crippen LogP contribution is 2.19. The van der Waals surface area contributed by atoms with Crippen molar-refractivity contribution in [2.75, 3.05) is 13.6 Å². The second-order valence-corrected chi connectivity index (χ2v) is 4.63. The van der Waals surface area contributed by atoms with E-state index in [2.05, 4.69) is 17.2 Å². The maximum atomic E-state index is 12.3. The zero-order chi connectivity index (χ0) is 12.3. The lowest BCUT2D eigenvalue weighted by Crippen LogP contribution is -2.46. The summed E-state index contributed by atoms with van der Waals surface area (Å²) in [5.74, 6) is 0.551. The number of likely N-dealkylation sites (tertiary alicyclic amines) is 1. The minimum Gasteiger partial charge on any atom is -0.451 e. The van der Waals surface area contributed by atoms with Gasteiger partial charge in [-0.15, -0.1) is 0 Å². The van der Waals surface area contributed by atoms with Crippen molar-refractivity contribution in [3.8, 4) is 0 Å². The molecule has 1 N–H and O–H groups in total. The lowest BCUT2D eigenvalue weighted by molar-refractivity contribution is -0.134. The van der Waals surface area contributed by atoms with Crippen LogP contribution in [0.15, 0.2) is 17.1 Å². The second kappa shape index (κ2) is 5.31. The van der Waals surface area contributed by atoms with Crippen LogP contribution in [-0.2, 0) is 11.3 Å². The molecule has 5 nitrogen and oxygen atoms in total. The van der Waals surface area contributed by atoms with Crippen LogP contribution in [0.25, 0.3) is 0 Å². The molecule has 94 valence electrons. The largest absolute Gasteiger partial charge is 0.451 e. The third kappa shape index (κ3) is 2.66. The van der Waals surface area contributed by atoms with Crippen LogP contribution < -0.4 is 5.32 Å². The van der Waals surface area contributed by atoms with Crippen molar-refractivity contribution in [3.63, 3.8) is 0 Å². The Morgan fingerprint density at radius 2 is 2.47 bits per heavy atom. The third-order valence-electron chi connectivity index (χ3n) is 3.38. The van der Waals surface area contributed by atoms with E-state index in [1.807, 2.05) is 11.9 Å². The molecule has 1 aliphatic heterocycles. The number of rotatable bonds is 3. The summed E-state index contributed by atoms with van der Waals surface area (Å²) < 4.78 is 4.93. The molecular weight excluding hydrogens is 218 g/mol. The number of nitrogens with one attached hydrogen (secondary N) is 1. The quantitative estimate of drug-likeness (QED) is 0.852. The van der Waals surface area contributed by atoms with Gasteiger partial charge in [0.15, 0.2) is 6.39 Å². The van der Waals surface area contributed by atoms with Crippen LogP contribution in [0.1, 0.15) is 25.5 Å². The van der Waals surface area contributed by atoms with E-state index in [0.717, 1.165) is 25.1 Å². The van der Waals surface area contributed by atoms with E-state index in [1.54, 1.807) is 6.26 Å². The standard InChI is InChI=1S/C12H19N3O2/c1-9-4-3-5-15(12(16)11(9)13-2)6-10-7-17-8-14-10/h7-9,11,13H,3-6H2,1-2H3. The maximum Gasteiger partial charge on any atom is 0.240 e. The predicted octanol–water partition coefficient (Wildman–Crippen LogP) is 1.02. The Balaban J connectivity index is 2.08. The first kappa shape index (κ1) is 12.1. The Kier molecular flexibility index (Phi) is 3.78. The number of nitrogens with zero attached hydrogens (tertiary/aromatic N) is 2. The smallest absolute Gasteiger partial charge is 0.240 e. The highest BCUT2D eigenvalue weighted by atomic mass is 16.3. The fourth-order valence-electron chi connectivity index (χ4n) is 2.40. The molecule has 2 atom stereocenters. The number of carbonyl (C=O) groups excluding carboxylic acids is 1. The molecular formula is C12H19N3O2. The van der Waals surface area contributed by atoms with Gasteiger partial charge in [-0.2, -0.15) is 0 Å². The van der Waals surface area contributed by atoms with Crippen LogP contribution in [0.5, 0.6) is 0 Å². The summed E-state index contributed by atoms with van der Waals surface area (Å²) in [5.41, 5.74) is 0.808. The number of hydrogen-bond donors (Lipinski definition) is 1. The number of amides is 1. The summed E-state index contributed by atoms with van der Waals surface area (Å²) in [6.07, 6.45) is 5.11. The Labute approximate surface area is 101 Å². The predicted molar refractivity (Wildman–Crippen MR) is 63.2 cm³/mol. The fourth-order valence-corrected chi connectivity index (χ4v) is 2.40. The SMILES string of the molecule is CNC1C(=O)N(Cc2cocn2)CCCC1C. The minimum atomic E-state index is -0.0793. The molecule has 0 bridgehead atoms. The van der Waals surface area contributed by atoms with Gasteiger partial charge in [0.1, 0.15) is 6.26 Å². The molecule has 1 fully saturated rings. The minimum absolute atomic E-state index is 0.0793. The highest BCUT2D eigenvalue weighted by molar-refractivity contribution is 5.82. The van der Waals surface area contributed by atoms with Gasteiger partial charge in [0.05, 0.1) is 18.3 Å². The average molecular weight is 237 g/mol. The molecule has 1 aliphatic rings. The first-order chi connectivity index (χ1) is 8.22.